The van der Waals surface area contributed by atoms with Crippen LogP contribution >= 0.6 is 15.9 Å². The molecule has 1 aromatic heterocycles. The van der Waals surface area contributed by atoms with Crippen LogP contribution in [0.25, 0.3) is 0 Å². The smallest absolute Gasteiger partial charge is 0.337 e. The van der Waals surface area contributed by atoms with Crippen molar-refractivity contribution < 1.29 is 14.3 Å². The number of hydrogen-bond acceptors (Lipinski definition) is 4. The molecule has 0 atom stereocenters. The zero-order valence-corrected chi connectivity index (χ0v) is 14.2. The molecule has 0 spiro atoms. The largest absolute Gasteiger partial charge is 0.481 e. The van der Waals surface area contributed by atoms with Gasteiger partial charge in [-0.15, -0.1) is 0 Å². The molecule has 0 aliphatic carbocycles. The number of ether oxygens (including phenoxy) is 2. The number of benzene rings is 1. The van der Waals surface area contributed by atoms with Gasteiger partial charge in [0.25, 0.3) is 0 Å². The number of nitrogens with zero attached hydrogens (tertiary/aromatic N) is 1. The molecule has 0 radical (unpaired) electrons. The van der Waals surface area contributed by atoms with Crippen molar-refractivity contribution >= 4 is 21.9 Å². The zero-order chi connectivity index (χ0) is 15.9. The van der Waals surface area contributed by atoms with Crippen molar-refractivity contribution in [3.63, 3.8) is 0 Å². The third-order valence-corrected chi connectivity index (χ3v) is 4.08. The fourth-order valence-electron chi connectivity index (χ4n) is 2.17. The van der Waals surface area contributed by atoms with E-state index >= 15 is 0 Å². The maximum absolute atomic E-state index is 11.5. The van der Waals surface area contributed by atoms with Gasteiger partial charge in [0.2, 0.25) is 5.88 Å². The molecule has 4 nitrogen and oxygen atoms in total. The second-order valence-electron chi connectivity index (χ2n) is 4.82. The van der Waals surface area contributed by atoms with Crippen LogP contribution in [0.1, 0.15) is 28.0 Å². The Morgan fingerprint density at radius 3 is 2.68 bits per heavy atom. The average molecular weight is 364 g/mol. The van der Waals surface area contributed by atoms with Crippen molar-refractivity contribution in [1.29, 1.82) is 0 Å². The summed E-state index contributed by atoms with van der Waals surface area (Å²) in [7, 11) is 3.00. The number of carbonyl (C=O) groups excluding carboxylic acids is 1. The summed E-state index contributed by atoms with van der Waals surface area (Å²) < 4.78 is 10.8. The van der Waals surface area contributed by atoms with Gasteiger partial charge in [-0.1, -0.05) is 28.1 Å². The lowest BCUT2D eigenvalue weighted by atomic mass is 10.0. The van der Waals surface area contributed by atoms with E-state index in [1.54, 1.807) is 19.2 Å². The first-order valence-electron chi connectivity index (χ1n) is 7.00. The monoisotopic (exact) mass is 363 g/mol. The van der Waals surface area contributed by atoms with Gasteiger partial charge >= 0.3 is 5.97 Å². The zero-order valence-electron chi connectivity index (χ0n) is 12.6. The Morgan fingerprint density at radius 2 is 2.00 bits per heavy atom. The SMILES string of the molecule is COC(=O)c1ccc(CCCc2cccc(OC)n2)c(Br)c1. The van der Waals surface area contributed by atoms with E-state index in [9.17, 15) is 4.79 Å². The highest BCUT2D eigenvalue weighted by atomic mass is 79.9. The molecule has 2 rings (SSSR count). The molecule has 5 heteroatoms. The quantitative estimate of drug-likeness (QED) is 0.732. The van der Waals surface area contributed by atoms with Gasteiger partial charge in [-0.05, 0) is 43.0 Å². The van der Waals surface area contributed by atoms with Gasteiger partial charge in [-0.2, -0.15) is 0 Å². The third kappa shape index (κ3) is 4.31. The minimum atomic E-state index is -0.326. The minimum Gasteiger partial charge on any atom is -0.481 e. The number of halogens is 1. The van der Waals surface area contributed by atoms with Crippen LogP contribution in [0.3, 0.4) is 0 Å². The molecule has 1 heterocycles. The van der Waals surface area contributed by atoms with Crippen LogP contribution in [-0.2, 0) is 17.6 Å². The molecule has 0 aliphatic heterocycles. The standard InChI is InChI=1S/C17H18BrNO3/c1-21-16-8-4-7-14(19-16)6-3-5-12-9-10-13(11-15(12)18)17(20)22-2/h4,7-11H,3,5-6H2,1-2H3. The molecule has 2 aromatic rings. The highest BCUT2D eigenvalue weighted by molar-refractivity contribution is 9.10. The highest BCUT2D eigenvalue weighted by Crippen LogP contribution is 2.21. The Morgan fingerprint density at radius 1 is 1.18 bits per heavy atom. The summed E-state index contributed by atoms with van der Waals surface area (Å²) >= 11 is 3.51. The highest BCUT2D eigenvalue weighted by Gasteiger charge is 2.08. The van der Waals surface area contributed by atoms with Gasteiger partial charge in [0.05, 0.1) is 19.8 Å². The number of methoxy groups -OCH3 is 2. The van der Waals surface area contributed by atoms with Crippen LogP contribution in [0, 0.1) is 0 Å². The normalized spacial score (nSPS) is 10.3. The first-order valence-corrected chi connectivity index (χ1v) is 7.80. The van der Waals surface area contributed by atoms with Crippen molar-refractivity contribution in [3.8, 4) is 5.88 Å². The molecule has 0 saturated carbocycles. The Kier molecular flexibility index (Phi) is 5.95. The Labute approximate surface area is 138 Å². The van der Waals surface area contributed by atoms with Crippen molar-refractivity contribution in [2.75, 3.05) is 14.2 Å². The van der Waals surface area contributed by atoms with Crippen LogP contribution < -0.4 is 4.74 Å². The lowest BCUT2D eigenvalue weighted by Gasteiger charge is -2.07. The molecule has 0 N–H and O–H groups in total. The van der Waals surface area contributed by atoms with Gasteiger partial charge < -0.3 is 9.47 Å². The van der Waals surface area contributed by atoms with Crippen molar-refractivity contribution in [1.82, 2.24) is 4.98 Å². The lowest BCUT2D eigenvalue weighted by Crippen LogP contribution is -2.02. The van der Waals surface area contributed by atoms with E-state index < -0.39 is 0 Å². The van der Waals surface area contributed by atoms with E-state index in [-0.39, 0.29) is 5.97 Å². The van der Waals surface area contributed by atoms with Crippen LogP contribution in [-0.4, -0.2) is 25.2 Å². The average Bonchev–Trinajstić information content (AvgIpc) is 2.55. The van der Waals surface area contributed by atoms with Crippen LogP contribution in [0.4, 0.5) is 0 Å². The first-order chi connectivity index (χ1) is 10.6. The first kappa shape index (κ1) is 16.5. The molecule has 0 amide bonds. The van der Waals surface area contributed by atoms with E-state index in [2.05, 4.69) is 20.9 Å². The van der Waals surface area contributed by atoms with E-state index in [0.717, 1.165) is 35.0 Å². The van der Waals surface area contributed by atoms with Crippen molar-refractivity contribution in [3.05, 3.63) is 57.7 Å². The molecule has 0 saturated heterocycles. The molecule has 1 aromatic carbocycles. The molecule has 0 fully saturated rings. The van der Waals surface area contributed by atoms with Crippen LogP contribution in [0.2, 0.25) is 0 Å². The van der Waals surface area contributed by atoms with Crippen LogP contribution in [0.5, 0.6) is 5.88 Å². The molecule has 116 valence electrons. The minimum absolute atomic E-state index is 0.326. The van der Waals surface area contributed by atoms with E-state index in [0.29, 0.717) is 11.4 Å². The molecule has 0 bridgehead atoms. The number of aromatic nitrogens is 1. The molecule has 0 aliphatic rings. The maximum atomic E-state index is 11.5. The second kappa shape index (κ2) is 7.94. The fourth-order valence-corrected chi connectivity index (χ4v) is 2.74. The van der Waals surface area contributed by atoms with E-state index in [1.165, 1.54) is 7.11 Å². The molecule has 22 heavy (non-hydrogen) atoms. The van der Waals surface area contributed by atoms with Gasteiger partial charge in [0.1, 0.15) is 0 Å². The Balaban J connectivity index is 1.95. The summed E-state index contributed by atoms with van der Waals surface area (Å²) in [5, 5.41) is 0. The van der Waals surface area contributed by atoms with E-state index in [4.69, 9.17) is 9.47 Å². The summed E-state index contributed by atoms with van der Waals surface area (Å²) in [6, 6.07) is 11.3. The molecular weight excluding hydrogens is 346 g/mol. The van der Waals surface area contributed by atoms with Gasteiger partial charge in [0, 0.05) is 16.2 Å². The van der Waals surface area contributed by atoms with Crippen molar-refractivity contribution in [2.45, 2.75) is 19.3 Å². The summed E-state index contributed by atoms with van der Waals surface area (Å²) in [5.41, 5.74) is 2.73. The van der Waals surface area contributed by atoms with Gasteiger partial charge in [0.15, 0.2) is 0 Å². The Hall–Kier alpha value is -1.88. The van der Waals surface area contributed by atoms with Gasteiger partial charge in [-0.25, -0.2) is 9.78 Å². The third-order valence-electron chi connectivity index (χ3n) is 3.34. The number of hydrogen-bond donors (Lipinski definition) is 0. The summed E-state index contributed by atoms with van der Waals surface area (Å²) in [4.78, 5) is 15.9. The fraction of sp³-hybridized carbons (Fsp3) is 0.294. The second-order valence-corrected chi connectivity index (χ2v) is 5.68. The number of rotatable bonds is 6. The lowest BCUT2D eigenvalue weighted by molar-refractivity contribution is 0.0600. The topological polar surface area (TPSA) is 48.4 Å². The predicted octanol–water partition coefficient (Wildman–Crippen LogP) is 3.81. The van der Waals surface area contributed by atoms with Gasteiger partial charge in [-0.3, -0.25) is 0 Å². The Bertz CT molecular complexity index is 658. The molecular formula is C17H18BrNO3. The van der Waals surface area contributed by atoms with E-state index in [1.807, 2.05) is 24.3 Å². The number of esters is 1. The summed E-state index contributed by atoms with van der Waals surface area (Å²) in [6.45, 7) is 0. The number of carbonyl (C=O) groups is 1. The predicted molar refractivity (Wildman–Crippen MR) is 88.3 cm³/mol. The maximum Gasteiger partial charge on any atom is 0.337 e. The number of pyridine rings is 1. The van der Waals surface area contributed by atoms with Crippen LogP contribution in [0.15, 0.2) is 40.9 Å². The number of aryl methyl sites for hydroxylation is 2. The van der Waals surface area contributed by atoms with Crippen molar-refractivity contribution in [2.24, 2.45) is 0 Å². The summed E-state index contributed by atoms with van der Waals surface area (Å²) in [6.07, 6.45) is 2.75. The summed E-state index contributed by atoms with van der Waals surface area (Å²) in [5.74, 6) is 0.314. The molecule has 0 unspecified atom stereocenters.